The zero-order valence-corrected chi connectivity index (χ0v) is 17.2. The molecular weight excluding hydrogens is 434 g/mol. The van der Waals surface area contributed by atoms with E-state index >= 15 is 0 Å². The van der Waals surface area contributed by atoms with E-state index in [4.69, 9.17) is 11.6 Å². The van der Waals surface area contributed by atoms with Crippen molar-refractivity contribution in [3.8, 4) is 0 Å². The fourth-order valence-electron chi connectivity index (χ4n) is 2.30. The second-order valence-corrected chi connectivity index (χ2v) is 11.8. The van der Waals surface area contributed by atoms with Gasteiger partial charge in [0.15, 0.2) is 9.84 Å². The van der Waals surface area contributed by atoms with Gasteiger partial charge < -0.3 is 0 Å². The van der Waals surface area contributed by atoms with Gasteiger partial charge >= 0.3 is 0 Å². The van der Waals surface area contributed by atoms with Crippen LogP contribution in [0, 0.1) is 0 Å². The third kappa shape index (κ3) is 4.19. The Hall–Kier alpha value is -1.23. The normalized spacial score (nSPS) is 13.6. The van der Waals surface area contributed by atoms with E-state index in [1.807, 2.05) is 0 Å². The number of hydrogen-bond donors (Lipinski definition) is 1. The highest BCUT2D eigenvalue weighted by Crippen LogP contribution is 2.32. The molecule has 2 aromatic heterocycles. The maximum atomic E-state index is 13.1. The lowest BCUT2D eigenvalue weighted by Gasteiger charge is -2.17. The van der Waals surface area contributed by atoms with Crippen molar-refractivity contribution in [2.45, 2.75) is 14.4 Å². The van der Waals surface area contributed by atoms with E-state index in [9.17, 15) is 16.8 Å². The van der Waals surface area contributed by atoms with E-state index in [0.29, 0.717) is 9.90 Å². The summed E-state index contributed by atoms with van der Waals surface area (Å²) in [5, 5.41) is 2.80. The average molecular weight is 448 g/mol. The van der Waals surface area contributed by atoms with E-state index < -0.39 is 25.1 Å². The van der Waals surface area contributed by atoms with Crippen LogP contribution in [0.25, 0.3) is 0 Å². The zero-order chi connectivity index (χ0) is 18.8. The Bertz CT molecular complexity index is 1060. The summed E-state index contributed by atoms with van der Waals surface area (Å²) in [5.74, 6) is 0. The number of hydrogen-bond acceptors (Lipinski definition) is 6. The van der Waals surface area contributed by atoms with Gasteiger partial charge in [0, 0.05) is 16.4 Å². The van der Waals surface area contributed by atoms with Crippen LogP contribution in [0.15, 0.2) is 68.4 Å². The van der Waals surface area contributed by atoms with Crippen LogP contribution in [0.1, 0.15) is 10.1 Å². The third-order valence-electron chi connectivity index (χ3n) is 3.60. The molecule has 0 radical (unpaired) electrons. The molecule has 0 spiro atoms. The minimum absolute atomic E-state index is 0.0932. The van der Waals surface area contributed by atoms with Crippen molar-refractivity contribution < 1.29 is 16.8 Å². The fourth-order valence-corrected chi connectivity index (χ4v) is 7.40. The van der Waals surface area contributed by atoms with Gasteiger partial charge in [-0.2, -0.15) is 0 Å². The topological polar surface area (TPSA) is 80.3 Å². The Morgan fingerprint density at radius 2 is 1.58 bits per heavy atom. The molecule has 2 heterocycles. The molecule has 0 aliphatic rings. The first-order valence-electron chi connectivity index (χ1n) is 7.37. The molecule has 26 heavy (non-hydrogen) atoms. The highest BCUT2D eigenvalue weighted by atomic mass is 35.5. The molecule has 3 rings (SSSR count). The molecule has 1 aromatic carbocycles. The molecule has 10 heteroatoms. The Morgan fingerprint density at radius 3 is 2.15 bits per heavy atom. The van der Waals surface area contributed by atoms with Crippen LogP contribution < -0.4 is 4.72 Å². The molecule has 0 bridgehead atoms. The van der Waals surface area contributed by atoms with Gasteiger partial charge in [-0.05, 0) is 47.2 Å². The van der Waals surface area contributed by atoms with Crippen molar-refractivity contribution in [3.63, 3.8) is 0 Å². The summed E-state index contributed by atoms with van der Waals surface area (Å²) in [7, 11) is -7.57. The number of halogens is 1. The number of sulfone groups is 1. The maximum Gasteiger partial charge on any atom is 0.250 e. The van der Waals surface area contributed by atoms with Gasteiger partial charge in [-0.25, -0.2) is 21.6 Å². The van der Waals surface area contributed by atoms with Gasteiger partial charge in [0.25, 0.3) is 0 Å². The van der Waals surface area contributed by atoms with E-state index in [0.717, 1.165) is 11.3 Å². The fraction of sp³-hybridized carbons (Fsp3) is 0.125. The highest BCUT2D eigenvalue weighted by Gasteiger charge is 2.31. The van der Waals surface area contributed by atoms with Crippen LogP contribution >= 0.6 is 34.3 Å². The Balaban J connectivity index is 1.93. The third-order valence-corrected chi connectivity index (χ3v) is 9.90. The molecule has 0 fully saturated rings. The Morgan fingerprint density at radius 1 is 0.923 bits per heavy atom. The first-order chi connectivity index (χ1) is 12.3. The molecule has 5 nitrogen and oxygen atoms in total. The maximum absolute atomic E-state index is 13.1. The van der Waals surface area contributed by atoms with Gasteiger partial charge in [0.1, 0.15) is 9.46 Å². The summed E-state index contributed by atoms with van der Waals surface area (Å²) in [6, 6.07) is 12.4. The SMILES string of the molecule is O=S(=O)(NC[C@@H](c1cccs1)S(=O)(=O)c1ccc(Cl)cc1)c1cccs1. The number of benzene rings is 1. The summed E-state index contributed by atoms with van der Waals surface area (Å²) in [6.07, 6.45) is 0. The lowest BCUT2D eigenvalue weighted by atomic mass is 10.3. The summed E-state index contributed by atoms with van der Waals surface area (Å²) in [5.41, 5.74) is 0. The standard InChI is InChI=1S/C16H14ClNO4S4/c17-12-5-7-13(8-6-12)25(19,20)15(14-3-1-9-23-14)11-18-26(21,22)16-4-2-10-24-16/h1-10,15,18H,11H2/t15-/m0/s1. The van der Waals surface area contributed by atoms with Crippen LogP contribution in [0.4, 0.5) is 0 Å². The van der Waals surface area contributed by atoms with Crippen LogP contribution in [-0.4, -0.2) is 23.4 Å². The van der Waals surface area contributed by atoms with Crippen LogP contribution in [-0.2, 0) is 19.9 Å². The molecule has 0 aliphatic carbocycles. The van der Waals surface area contributed by atoms with E-state index in [-0.39, 0.29) is 15.6 Å². The Labute approximate surface area is 165 Å². The molecule has 138 valence electrons. The monoisotopic (exact) mass is 447 g/mol. The van der Waals surface area contributed by atoms with Crippen molar-refractivity contribution in [3.05, 3.63) is 69.2 Å². The summed E-state index contributed by atoms with van der Waals surface area (Å²) < 4.78 is 53.5. The molecule has 0 unspecified atom stereocenters. The predicted octanol–water partition coefficient (Wildman–Crippen LogP) is 3.96. The van der Waals surface area contributed by atoms with Gasteiger partial charge in [0.05, 0.1) is 4.90 Å². The average Bonchev–Trinajstić information content (AvgIpc) is 3.29. The lowest BCUT2D eigenvalue weighted by molar-refractivity contribution is 0.571. The lowest BCUT2D eigenvalue weighted by Crippen LogP contribution is -2.31. The van der Waals surface area contributed by atoms with Gasteiger partial charge in [-0.1, -0.05) is 23.7 Å². The molecule has 3 aromatic rings. The predicted molar refractivity (Wildman–Crippen MR) is 105 cm³/mol. The summed E-state index contributed by atoms with van der Waals surface area (Å²) >= 11 is 8.17. The second kappa shape index (κ2) is 7.79. The number of thiophene rings is 2. The van der Waals surface area contributed by atoms with Gasteiger partial charge in [0.2, 0.25) is 10.0 Å². The number of sulfonamides is 1. The van der Waals surface area contributed by atoms with Crippen molar-refractivity contribution in [2.24, 2.45) is 0 Å². The van der Waals surface area contributed by atoms with Crippen LogP contribution in [0.2, 0.25) is 5.02 Å². The molecule has 1 atom stereocenters. The van der Waals surface area contributed by atoms with Gasteiger partial charge in [-0.3, -0.25) is 0 Å². The van der Waals surface area contributed by atoms with Crippen LogP contribution in [0.3, 0.4) is 0 Å². The molecule has 0 aliphatic heterocycles. The largest absolute Gasteiger partial charge is 0.250 e. The van der Waals surface area contributed by atoms with Crippen molar-refractivity contribution in [1.29, 1.82) is 0 Å². The minimum Gasteiger partial charge on any atom is -0.223 e. The minimum atomic E-state index is -3.80. The number of nitrogens with one attached hydrogen (secondary N) is 1. The van der Waals surface area contributed by atoms with E-state index in [2.05, 4.69) is 4.72 Å². The van der Waals surface area contributed by atoms with Crippen LogP contribution in [0.5, 0.6) is 0 Å². The Kier molecular flexibility index (Phi) is 5.85. The number of rotatable bonds is 7. The van der Waals surface area contributed by atoms with Gasteiger partial charge in [-0.15, -0.1) is 22.7 Å². The first kappa shape index (κ1) is 19.5. The van der Waals surface area contributed by atoms with E-state index in [1.165, 1.54) is 41.7 Å². The molecule has 0 saturated heterocycles. The first-order valence-corrected chi connectivity index (χ1v) is 12.5. The van der Waals surface area contributed by atoms with Crippen molar-refractivity contribution in [1.82, 2.24) is 4.72 Å². The smallest absolute Gasteiger partial charge is 0.223 e. The van der Waals surface area contributed by atoms with E-state index in [1.54, 1.807) is 29.0 Å². The van der Waals surface area contributed by atoms with Crippen molar-refractivity contribution in [2.75, 3.05) is 6.54 Å². The second-order valence-electron chi connectivity index (χ2n) is 5.29. The van der Waals surface area contributed by atoms with Crippen molar-refractivity contribution >= 4 is 54.1 Å². The summed E-state index contributed by atoms with van der Waals surface area (Å²) in [6.45, 7) is -0.258. The zero-order valence-electron chi connectivity index (χ0n) is 13.2. The molecule has 1 N–H and O–H groups in total. The molecule has 0 amide bonds. The molecule has 0 saturated carbocycles. The quantitative estimate of drug-likeness (QED) is 0.594. The highest BCUT2D eigenvalue weighted by molar-refractivity contribution is 7.92. The summed E-state index contributed by atoms with van der Waals surface area (Å²) in [4.78, 5) is 0.657. The molecular formula is C16H14ClNO4S4.